The molecule has 5 heteroatoms. The highest BCUT2D eigenvalue weighted by molar-refractivity contribution is 6.07. The predicted octanol–water partition coefficient (Wildman–Crippen LogP) is 1.44. The van der Waals surface area contributed by atoms with Gasteiger partial charge in [0.25, 0.3) is 5.91 Å². The third-order valence-electron chi connectivity index (χ3n) is 2.54. The minimum absolute atomic E-state index is 0.112. The summed E-state index contributed by atoms with van der Waals surface area (Å²) in [6, 6.07) is 6.51. The first-order valence-electron chi connectivity index (χ1n) is 5.50. The van der Waals surface area contributed by atoms with Crippen LogP contribution < -0.4 is 0 Å². The van der Waals surface area contributed by atoms with E-state index in [0.717, 1.165) is 0 Å². The summed E-state index contributed by atoms with van der Waals surface area (Å²) in [5.74, 6) is -1.50. The molecule has 0 aliphatic carbocycles. The summed E-state index contributed by atoms with van der Waals surface area (Å²) in [6.45, 7) is 1.50. The number of aliphatic carboxylic acids is 1. The number of benzene rings is 1. The molecule has 96 valence electrons. The number of rotatable bonds is 5. The second kappa shape index (κ2) is 5.95. The number of nitrogens with zero attached hydrogens (tertiary/aromatic N) is 1. The molecule has 0 radical (unpaired) electrons. The van der Waals surface area contributed by atoms with E-state index in [-0.39, 0.29) is 24.7 Å². The molecule has 0 aliphatic heterocycles. The maximum Gasteiger partial charge on any atom is 0.305 e. The summed E-state index contributed by atoms with van der Waals surface area (Å²) >= 11 is 0. The van der Waals surface area contributed by atoms with E-state index >= 15 is 0 Å². The molecule has 1 aromatic carbocycles. The fraction of sp³-hybridized carbons (Fsp3) is 0.308. The van der Waals surface area contributed by atoms with E-state index in [4.69, 9.17) is 5.11 Å². The fourth-order valence-corrected chi connectivity index (χ4v) is 1.55. The third kappa shape index (κ3) is 3.41. The monoisotopic (exact) mass is 249 g/mol. The molecular weight excluding hydrogens is 234 g/mol. The van der Waals surface area contributed by atoms with Gasteiger partial charge in [-0.2, -0.15) is 0 Å². The Kier molecular flexibility index (Phi) is 4.59. The van der Waals surface area contributed by atoms with Crippen molar-refractivity contribution in [1.82, 2.24) is 4.90 Å². The van der Waals surface area contributed by atoms with Gasteiger partial charge in [-0.3, -0.25) is 14.4 Å². The van der Waals surface area contributed by atoms with Crippen LogP contribution in [-0.4, -0.2) is 41.3 Å². The highest BCUT2D eigenvalue weighted by atomic mass is 16.4. The smallest absolute Gasteiger partial charge is 0.305 e. The number of hydrogen-bond donors (Lipinski definition) is 1. The predicted molar refractivity (Wildman–Crippen MR) is 65.7 cm³/mol. The quantitative estimate of drug-likeness (QED) is 0.801. The van der Waals surface area contributed by atoms with Gasteiger partial charge in [0.15, 0.2) is 5.78 Å². The van der Waals surface area contributed by atoms with Gasteiger partial charge >= 0.3 is 5.97 Å². The van der Waals surface area contributed by atoms with E-state index in [1.54, 1.807) is 24.3 Å². The number of Topliss-reactive ketones (excluding diaryl/α,β-unsaturated/α-hetero) is 1. The van der Waals surface area contributed by atoms with Crippen molar-refractivity contribution in [3.8, 4) is 0 Å². The van der Waals surface area contributed by atoms with Crippen molar-refractivity contribution < 1.29 is 19.5 Å². The van der Waals surface area contributed by atoms with E-state index in [0.29, 0.717) is 11.1 Å². The largest absolute Gasteiger partial charge is 0.481 e. The highest BCUT2D eigenvalue weighted by Gasteiger charge is 2.17. The minimum atomic E-state index is -0.963. The Balaban J connectivity index is 2.90. The SMILES string of the molecule is CC(=O)c1ccccc1C(=O)N(C)CCC(=O)O. The average molecular weight is 249 g/mol. The molecule has 18 heavy (non-hydrogen) atoms. The zero-order valence-electron chi connectivity index (χ0n) is 10.3. The van der Waals surface area contributed by atoms with E-state index in [1.165, 1.54) is 18.9 Å². The van der Waals surface area contributed by atoms with Crippen LogP contribution in [0.1, 0.15) is 34.1 Å². The van der Waals surface area contributed by atoms with Gasteiger partial charge in [0.1, 0.15) is 0 Å². The molecule has 1 aromatic rings. The highest BCUT2D eigenvalue weighted by Crippen LogP contribution is 2.12. The number of amides is 1. The third-order valence-corrected chi connectivity index (χ3v) is 2.54. The van der Waals surface area contributed by atoms with Gasteiger partial charge in [0.2, 0.25) is 0 Å². The normalized spacial score (nSPS) is 9.89. The average Bonchev–Trinajstić information content (AvgIpc) is 2.34. The van der Waals surface area contributed by atoms with E-state index in [2.05, 4.69) is 0 Å². The Bertz CT molecular complexity index is 482. The standard InChI is InChI=1S/C13H15NO4/c1-9(15)10-5-3-4-6-11(10)13(18)14(2)8-7-12(16)17/h3-6H,7-8H2,1-2H3,(H,16,17). The van der Waals surface area contributed by atoms with Crippen molar-refractivity contribution >= 4 is 17.7 Å². The van der Waals surface area contributed by atoms with Crippen LogP contribution in [0.2, 0.25) is 0 Å². The van der Waals surface area contributed by atoms with Crippen molar-refractivity contribution in [2.75, 3.05) is 13.6 Å². The Morgan fingerprint density at radius 3 is 2.22 bits per heavy atom. The zero-order chi connectivity index (χ0) is 13.7. The summed E-state index contributed by atoms with van der Waals surface area (Å²) in [6.07, 6.45) is -0.121. The molecule has 0 bridgehead atoms. The van der Waals surface area contributed by atoms with E-state index in [9.17, 15) is 14.4 Å². The van der Waals surface area contributed by atoms with Crippen molar-refractivity contribution in [2.24, 2.45) is 0 Å². The maximum absolute atomic E-state index is 12.1. The van der Waals surface area contributed by atoms with Crippen molar-refractivity contribution in [1.29, 1.82) is 0 Å². The second-order valence-electron chi connectivity index (χ2n) is 3.97. The molecule has 0 saturated carbocycles. The van der Waals surface area contributed by atoms with Gasteiger partial charge in [0.05, 0.1) is 12.0 Å². The molecule has 1 rings (SSSR count). The van der Waals surface area contributed by atoms with Crippen molar-refractivity contribution in [2.45, 2.75) is 13.3 Å². The Morgan fingerprint density at radius 2 is 1.72 bits per heavy atom. The first-order chi connectivity index (χ1) is 8.43. The minimum Gasteiger partial charge on any atom is -0.481 e. The van der Waals surface area contributed by atoms with Gasteiger partial charge in [-0.25, -0.2) is 0 Å². The number of carbonyl (C=O) groups excluding carboxylic acids is 2. The molecule has 0 heterocycles. The molecule has 1 N–H and O–H groups in total. The molecule has 0 unspecified atom stereocenters. The lowest BCUT2D eigenvalue weighted by atomic mass is 10.0. The summed E-state index contributed by atoms with van der Waals surface area (Å²) < 4.78 is 0. The molecule has 1 amide bonds. The van der Waals surface area contributed by atoms with Crippen molar-refractivity contribution in [3.63, 3.8) is 0 Å². The molecule has 0 saturated heterocycles. The van der Waals surface area contributed by atoms with Gasteiger partial charge < -0.3 is 10.0 Å². The van der Waals surface area contributed by atoms with Crippen LogP contribution in [0, 0.1) is 0 Å². The summed E-state index contributed by atoms with van der Waals surface area (Å²) in [4.78, 5) is 35.2. The Hall–Kier alpha value is -2.17. The molecule has 0 aromatic heterocycles. The van der Waals surface area contributed by atoms with Gasteiger partial charge in [-0.05, 0) is 13.0 Å². The number of ketones is 1. The van der Waals surface area contributed by atoms with Crippen LogP contribution in [-0.2, 0) is 4.79 Å². The van der Waals surface area contributed by atoms with Crippen LogP contribution in [0.5, 0.6) is 0 Å². The Morgan fingerprint density at radius 1 is 1.17 bits per heavy atom. The molecule has 0 fully saturated rings. The van der Waals surface area contributed by atoms with Gasteiger partial charge in [-0.1, -0.05) is 18.2 Å². The molecule has 0 aliphatic rings. The molecule has 0 spiro atoms. The molecular formula is C13H15NO4. The lowest BCUT2D eigenvalue weighted by molar-refractivity contribution is -0.137. The van der Waals surface area contributed by atoms with E-state index in [1.807, 2.05) is 0 Å². The number of hydrogen-bond acceptors (Lipinski definition) is 3. The maximum atomic E-state index is 12.1. The first kappa shape index (κ1) is 13.9. The summed E-state index contributed by atoms with van der Waals surface area (Å²) in [5, 5.41) is 8.57. The summed E-state index contributed by atoms with van der Waals surface area (Å²) in [7, 11) is 1.52. The topological polar surface area (TPSA) is 74.7 Å². The van der Waals surface area contributed by atoms with Crippen LogP contribution in [0.3, 0.4) is 0 Å². The zero-order valence-corrected chi connectivity index (χ0v) is 10.3. The van der Waals surface area contributed by atoms with Crippen LogP contribution in [0.4, 0.5) is 0 Å². The first-order valence-corrected chi connectivity index (χ1v) is 5.50. The van der Waals surface area contributed by atoms with Crippen LogP contribution >= 0.6 is 0 Å². The second-order valence-corrected chi connectivity index (χ2v) is 3.97. The van der Waals surface area contributed by atoms with Gasteiger partial charge in [-0.15, -0.1) is 0 Å². The lowest BCUT2D eigenvalue weighted by Crippen LogP contribution is -2.30. The fourth-order valence-electron chi connectivity index (χ4n) is 1.55. The lowest BCUT2D eigenvalue weighted by Gasteiger charge is -2.17. The van der Waals surface area contributed by atoms with Crippen LogP contribution in [0.25, 0.3) is 0 Å². The van der Waals surface area contributed by atoms with Crippen molar-refractivity contribution in [3.05, 3.63) is 35.4 Å². The summed E-state index contributed by atoms with van der Waals surface area (Å²) in [5.41, 5.74) is 0.655. The van der Waals surface area contributed by atoms with Gasteiger partial charge in [0, 0.05) is 19.2 Å². The van der Waals surface area contributed by atoms with E-state index < -0.39 is 5.97 Å². The number of carboxylic acid groups (broad SMARTS) is 1. The van der Waals surface area contributed by atoms with Crippen LogP contribution in [0.15, 0.2) is 24.3 Å². The molecule has 5 nitrogen and oxygen atoms in total. The molecule has 0 atom stereocenters. The number of carboxylic acids is 1. The Labute approximate surface area is 105 Å². The number of carbonyl (C=O) groups is 3.